The van der Waals surface area contributed by atoms with Gasteiger partial charge < -0.3 is 35.1 Å². The number of carbonyl (C=O) groups is 4. The lowest BCUT2D eigenvalue weighted by atomic mass is 10.1. The fourth-order valence-electron chi connectivity index (χ4n) is 4.80. The number of benzene rings is 3. The number of hydrogen-bond acceptors (Lipinski definition) is 8. The minimum atomic E-state index is -1.26. The minimum Gasteiger partial charge on any atom is -0.478 e. The summed E-state index contributed by atoms with van der Waals surface area (Å²) < 4.78 is 0. The van der Waals surface area contributed by atoms with Crippen LogP contribution in [0, 0.1) is 0 Å². The quantitative estimate of drug-likeness (QED) is 0.187. The fourth-order valence-corrected chi connectivity index (χ4v) is 5.91. The van der Waals surface area contributed by atoms with Gasteiger partial charge in [-0.2, -0.15) is 0 Å². The minimum absolute atomic E-state index is 0.558. The van der Waals surface area contributed by atoms with Gasteiger partial charge in [0.2, 0.25) is 0 Å². The number of hydrogen-bond donors (Lipinski definition) is 4. The zero-order valence-corrected chi connectivity index (χ0v) is 25.7. The second-order valence-electron chi connectivity index (χ2n) is 10.2. The molecular formula is C33H37N3O8S. The number of likely N-dealkylation sites (N-methyl/N-ethyl adjacent to an activating group) is 1. The van der Waals surface area contributed by atoms with Gasteiger partial charge in [-0.1, -0.05) is 54.2 Å². The van der Waals surface area contributed by atoms with Crippen molar-refractivity contribution in [3.8, 4) is 0 Å². The molecule has 45 heavy (non-hydrogen) atoms. The molecule has 238 valence electrons. The molecule has 2 aliphatic heterocycles. The number of piperazine rings is 1. The van der Waals surface area contributed by atoms with Crippen molar-refractivity contribution in [1.82, 2.24) is 9.80 Å². The maximum Gasteiger partial charge on any atom is 0.328 e. The van der Waals surface area contributed by atoms with Gasteiger partial charge in [0, 0.05) is 72.2 Å². The lowest BCUT2D eigenvalue weighted by Gasteiger charge is -2.35. The zero-order valence-electron chi connectivity index (χ0n) is 24.9. The van der Waals surface area contributed by atoms with E-state index in [0.717, 1.165) is 6.54 Å². The largest absolute Gasteiger partial charge is 0.478 e. The Bertz CT molecular complexity index is 1480. The van der Waals surface area contributed by atoms with E-state index in [1.54, 1.807) is 0 Å². The maximum atomic E-state index is 9.55. The summed E-state index contributed by atoms with van der Waals surface area (Å²) in [6, 6.07) is 22.2. The highest BCUT2D eigenvalue weighted by Gasteiger charge is 2.25. The van der Waals surface area contributed by atoms with Crippen LogP contribution in [0.15, 0.2) is 94.8 Å². The molecule has 0 aromatic heterocycles. The van der Waals surface area contributed by atoms with Crippen LogP contribution in [-0.4, -0.2) is 100 Å². The molecule has 3 aromatic rings. The summed E-state index contributed by atoms with van der Waals surface area (Å²) in [5, 5.41) is 33.9. The van der Waals surface area contributed by atoms with Gasteiger partial charge >= 0.3 is 23.9 Å². The van der Waals surface area contributed by atoms with Gasteiger partial charge in [0.1, 0.15) is 0 Å². The van der Waals surface area contributed by atoms with Gasteiger partial charge in [-0.25, -0.2) is 19.2 Å². The molecule has 0 spiro atoms. The van der Waals surface area contributed by atoms with Gasteiger partial charge in [-0.05, 0) is 50.0 Å². The molecule has 0 amide bonds. The lowest BCUT2D eigenvalue weighted by molar-refractivity contribution is -0.134. The van der Waals surface area contributed by atoms with Gasteiger partial charge in [0.05, 0.1) is 11.4 Å². The van der Waals surface area contributed by atoms with Gasteiger partial charge in [0.15, 0.2) is 0 Å². The van der Waals surface area contributed by atoms with Crippen molar-refractivity contribution in [2.24, 2.45) is 0 Å². The van der Waals surface area contributed by atoms with Gasteiger partial charge in [0.25, 0.3) is 0 Å². The number of nitrogens with zero attached hydrogens (tertiary/aromatic N) is 3. The predicted octanol–water partition coefficient (Wildman–Crippen LogP) is 4.89. The van der Waals surface area contributed by atoms with E-state index in [1.165, 1.54) is 77.5 Å². The van der Waals surface area contributed by atoms with Crippen LogP contribution < -0.4 is 4.90 Å². The number of anilines is 2. The molecule has 4 N–H and O–H groups in total. The van der Waals surface area contributed by atoms with E-state index < -0.39 is 23.9 Å². The molecule has 5 rings (SSSR count). The van der Waals surface area contributed by atoms with Gasteiger partial charge in [-0.3, -0.25) is 0 Å². The number of carboxylic acids is 4. The van der Waals surface area contributed by atoms with Crippen LogP contribution in [0.2, 0.25) is 0 Å². The third-order valence-corrected chi connectivity index (χ3v) is 8.06. The Morgan fingerprint density at radius 2 is 1.20 bits per heavy atom. The van der Waals surface area contributed by atoms with Crippen LogP contribution in [0.3, 0.4) is 0 Å². The molecular weight excluding hydrogens is 598 g/mol. The average molecular weight is 636 g/mol. The van der Waals surface area contributed by atoms with Crippen molar-refractivity contribution in [2.45, 2.75) is 22.6 Å². The van der Waals surface area contributed by atoms with Crippen molar-refractivity contribution >= 4 is 57.8 Å². The second kappa shape index (κ2) is 17.6. The molecule has 1 saturated heterocycles. The Kier molecular flexibility index (Phi) is 13.6. The Balaban J connectivity index is 0.000000287. The van der Waals surface area contributed by atoms with Crippen LogP contribution in [0.4, 0.5) is 11.4 Å². The third-order valence-electron chi connectivity index (χ3n) is 6.95. The highest BCUT2D eigenvalue weighted by Crippen LogP contribution is 2.50. The second-order valence-corrected chi connectivity index (χ2v) is 11.3. The molecule has 0 radical (unpaired) electrons. The standard InChI is InChI=1S/C25H29N3S.2C4H4O4/c1-26-16-18-27(19-17-26)14-6-7-15-28-22-10-4-5-11-23(22)29-24-13-12-20-8-2-3-9-21(20)25(24)28;2*5-3(6)1-2-4(7)8/h2-5,8-13H,6-7,14-19H2,1H3;2*1-2H,(H,5,6)(H,7,8)/b;2*2-1-. The predicted molar refractivity (Wildman–Crippen MR) is 174 cm³/mol. The fraction of sp³-hybridized carbons (Fsp3) is 0.273. The first-order valence-corrected chi connectivity index (χ1v) is 15.1. The Morgan fingerprint density at radius 1 is 0.667 bits per heavy atom. The first-order chi connectivity index (χ1) is 21.5. The lowest BCUT2D eigenvalue weighted by Crippen LogP contribution is -2.44. The number of unbranched alkanes of at least 4 members (excludes halogenated alkanes) is 1. The van der Waals surface area contributed by atoms with Crippen LogP contribution >= 0.6 is 11.8 Å². The van der Waals surface area contributed by atoms with Crippen molar-refractivity contribution < 1.29 is 39.6 Å². The molecule has 2 heterocycles. The molecule has 1 fully saturated rings. The van der Waals surface area contributed by atoms with E-state index in [1.807, 2.05) is 11.8 Å². The monoisotopic (exact) mass is 635 g/mol. The summed E-state index contributed by atoms with van der Waals surface area (Å²) in [5.74, 6) is -5.03. The third kappa shape index (κ3) is 11.4. The number of para-hydroxylation sites is 1. The van der Waals surface area contributed by atoms with E-state index >= 15 is 0 Å². The molecule has 0 bridgehead atoms. The SMILES string of the molecule is CN1CCN(CCCCN2c3ccccc3Sc3ccc4ccccc4c32)CC1.O=C(O)/C=C\C(=O)O.O=C(O)/C=C\C(=O)O. The van der Waals surface area contributed by atoms with Crippen molar-refractivity contribution in [1.29, 1.82) is 0 Å². The van der Waals surface area contributed by atoms with Crippen molar-refractivity contribution in [3.05, 3.63) is 85.0 Å². The molecule has 2 aliphatic rings. The van der Waals surface area contributed by atoms with Crippen LogP contribution in [0.25, 0.3) is 10.8 Å². The molecule has 12 heteroatoms. The summed E-state index contributed by atoms with van der Waals surface area (Å²) >= 11 is 1.91. The molecule has 11 nitrogen and oxygen atoms in total. The Morgan fingerprint density at radius 3 is 1.80 bits per heavy atom. The molecule has 0 saturated carbocycles. The normalized spacial score (nSPS) is 14.6. The average Bonchev–Trinajstić information content (AvgIpc) is 3.02. The van der Waals surface area contributed by atoms with Gasteiger partial charge in [-0.15, -0.1) is 0 Å². The van der Waals surface area contributed by atoms with E-state index in [9.17, 15) is 19.2 Å². The Labute approximate surface area is 265 Å². The van der Waals surface area contributed by atoms with Crippen LogP contribution in [0.5, 0.6) is 0 Å². The topological polar surface area (TPSA) is 159 Å². The first kappa shape index (κ1) is 34.8. The van der Waals surface area contributed by atoms with E-state index in [0.29, 0.717) is 24.3 Å². The van der Waals surface area contributed by atoms with Crippen molar-refractivity contribution in [3.63, 3.8) is 0 Å². The molecule has 0 atom stereocenters. The van der Waals surface area contributed by atoms with E-state index in [-0.39, 0.29) is 0 Å². The Hall–Kier alpha value is -4.65. The highest BCUT2D eigenvalue weighted by atomic mass is 32.2. The summed E-state index contributed by atoms with van der Waals surface area (Å²) in [7, 11) is 2.23. The maximum absolute atomic E-state index is 9.55. The smallest absolute Gasteiger partial charge is 0.328 e. The molecule has 0 aliphatic carbocycles. The number of aliphatic carboxylic acids is 4. The molecule has 3 aromatic carbocycles. The molecule has 0 unspecified atom stereocenters. The van der Waals surface area contributed by atoms with E-state index in [2.05, 4.69) is 82.4 Å². The summed E-state index contributed by atoms with van der Waals surface area (Å²) in [5.41, 5.74) is 2.76. The number of carboxylic acid groups (broad SMARTS) is 4. The summed E-state index contributed by atoms with van der Waals surface area (Å²) in [6.07, 6.45) is 4.71. The number of rotatable bonds is 9. The van der Waals surface area contributed by atoms with Crippen LogP contribution in [0.1, 0.15) is 12.8 Å². The van der Waals surface area contributed by atoms with E-state index in [4.69, 9.17) is 20.4 Å². The van der Waals surface area contributed by atoms with Crippen LogP contribution in [-0.2, 0) is 19.2 Å². The first-order valence-electron chi connectivity index (χ1n) is 14.3. The highest BCUT2D eigenvalue weighted by molar-refractivity contribution is 7.99. The summed E-state index contributed by atoms with van der Waals surface area (Å²) in [6.45, 7) is 7.14. The number of fused-ring (bicyclic) bond motifs is 4. The summed E-state index contributed by atoms with van der Waals surface area (Å²) in [4.78, 5) is 48.6. The zero-order chi connectivity index (χ0) is 32.8. The van der Waals surface area contributed by atoms with Crippen molar-refractivity contribution in [2.75, 3.05) is 51.2 Å².